The van der Waals surface area contributed by atoms with Gasteiger partial charge < -0.3 is 5.32 Å². The predicted molar refractivity (Wildman–Crippen MR) is 110 cm³/mol. The molecule has 1 amide bonds. The van der Waals surface area contributed by atoms with E-state index in [1.807, 2.05) is 24.3 Å². The summed E-state index contributed by atoms with van der Waals surface area (Å²) in [6, 6.07) is 11.7. The van der Waals surface area contributed by atoms with Gasteiger partial charge in [-0.05, 0) is 48.2 Å². The molecule has 1 atom stereocenters. The molecule has 0 fully saturated rings. The highest BCUT2D eigenvalue weighted by Gasteiger charge is 2.25. The maximum absolute atomic E-state index is 12.6. The third-order valence-corrected chi connectivity index (χ3v) is 6.84. The normalized spacial score (nSPS) is 12.8. The number of benzene rings is 2. The molecule has 0 radical (unpaired) electrons. The number of hydrogen-bond acceptors (Lipinski definition) is 3. The van der Waals surface area contributed by atoms with Gasteiger partial charge in [0, 0.05) is 17.8 Å². The molecule has 0 saturated carbocycles. The Morgan fingerprint density at radius 2 is 1.78 bits per heavy atom. The van der Waals surface area contributed by atoms with Crippen molar-refractivity contribution >= 4 is 44.8 Å². The summed E-state index contributed by atoms with van der Waals surface area (Å²) in [7, 11) is -2.63. The first-order chi connectivity index (χ1) is 12.6. The molecule has 1 N–H and O–H groups in total. The van der Waals surface area contributed by atoms with E-state index < -0.39 is 15.9 Å². The van der Waals surface area contributed by atoms with E-state index in [-0.39, 0.29) is 21.5 Å². The molecule has 27 heavy (non-hydrogen) atoms. The molecule has 2 aromatic carbocycles. The highest BCUT2D eigenvalue weighted by atomic mass is 35.5. The average Bonchev–Trinajstić information content (AvgIpc) is 2.63. The molecule has 0 heterocycles. The summed E-state index contributed by atoms with van der Waals surface area (Å²) in [5.41, 5.74) is 1.80. The quantitative estimate of drug-likeness (QED) is 0.690. The summed E-state index contributed by atoms with van der Waals surface area (Å²) in [6.07, 6.45) is 1.03. The van der Waals surface area contributed by atoms with Crippen molar-refractivity contribution in [2.75, 3.05) is 18.9 Å². The number of anilines is 1. The van der Waals surface area contributed by atoms with Gasteiger partial charge in [0.2, 0.25) is 15.9 Å². The fraction of sp³-hybridized carbons (Fsp3) is 0.316. The number of carbonyl (C=O) groups is 1. The van der Waals surface area contributed by atoms with Gasteiger partial charge in [0.05, 0.1) is 11.6 Å². The Morgan fingerprint density at radius 3 is 2.37 bits per heavy atom. The number of sulfonamides is 1. The number of likely N-dealkylation sites (N-methyl/N-ethyl adjacent to an activating group) is 1. The Morgan fingerprint density at radius 1 is 1.15 bits per heavy atom. The van der Waals surface area contributed by atoms with Crippen molar-refractivity contribution in [3.05, 3.63) is 58.1 Å². The second-order valence-electron chi connectivity index (χ2n) is 6.32. The minimum absolute atomic E-state index is 0.0484. The van der Waals surface area contributed by atoms with Crippen LogP contribution in [0.4, 0.5) is 5.69 Å². The van der Waals surface area contributed by atoms with Gasteiger partial charge in [-0.1, -0.05) is 49.2 Å². The monoisotopic (exact) mass is 428 g/mol. The molecule has 146 valence electrons. The molecule has 0 aliphatic carbocycles. The number of nitrogens with zero attached hydrogens (tertiary/aromatic N) is 1. The molecule has 5 nitrogen and oxygen atoms in total. The lowest BCUT2D eigenvalue weighted by Gasteiger charge is -2.18. The summed E-state index contributed by atoms with van der Waals surface area (Å²) >= 11 is 11.8. The molecule has 0 bridgehead atoms. The van der Waals surface area contributed by atoms with Crippen LogP contribution in [-0.4, -0.2) is 32.2 Å². The van der Waals surface area contributed by atoms with Crippen LogP contribution in [0.5, 0.6) is 0 Å². The van der Waals surface area contributed by atoms with Crippen molar-refractivity contribution < 1.29 is 13.2 Å². The zero-order valence-electron chi connectivity index (χ0n) is 15.4. The summed E-state index contributed by atoms with van der Waals surface area (Å²) in [5.74, 6) is -0.0102. The van der Waals surface area contributed by atoms with E-state index >= 15 is 0 Å². The number of rotatable bonds is 7. The Kier molecular flexibility index (Phi) is 7.28. The second kappa shape index (κ2) is 9.06. The van der Waals surface area contributed by atoms with E-state index in [2.05, 4.69) is 19.2 Å². The lowest BCUT2D eigenvalue weighted by atomic mass is 9.99. The highest BCUT2D eigenvalue weighted by molar-refractivity contribution is 7.89. The number of carbonyl (C=O) groups excluding carboxylic acids is 1. The maximum Gasteiger partial charge on any atom is 0.244 e. The van der Waals surface area contributed by atoms with E-state index in [0.29, 0.717) is 11.6 Å². The summed E-state index contributed by atoms with van der Waals surface area (Å²) in [4.78, 5) is 12.1. The second-order valence-corrected chi connectivity index (χ2v) is 9.17. The van der Waals surface area contributed by atoms with Crippen LogP contribution in [0.2, 0.25) is 10.0 Å². The van der Waals surface area contributed by atoms with Crippen molar-refractivity contribution in [3.63, 3.8) is 0 Å². The largest absolute Gasteiger partial charge is 0.325 e. The average molecular weight is 429 g/mol. The molecule has 0 aromatic heterocycles. The third-order valence-electron chi connectivity index (χ3n) is 4.32. The van der Waals surface area contributed by atoms with E-state index in [1.165, 1.54) is 30.8 Å². The summed E-state index contributed by atoms with van der Waals surface area (Å²) < 4.78 is 26.2. The Labute approximate surface area is 170 Å². The molecule has 2 rings (SSSR count). The first-order valence-corrected chi connectivity index (χ1v) is 10.7. The minimum atomic E-state index is -3.94. The summed E-state index contributed by atoms with van der Waals surface area (Å²) in [5, 5.41) is 3.00. The molecule has 0 spiro atoms. The number of amides is 1. The van der Waals surface area contributed by atoms with E-state index in [9.17, 15) is 13.2 Å². The lowest BCUT2D eigenvalue weighted by molar-refractivity contribution is -0.116. The fourth-order valence-corrected chi connectivity index (χ4v) is 4.32. The molecule has 8 heteroatoms. The van der Waals surface area contributed by atoms with Crippen molar-refractivity contribution in [2.45, 2.75) is 31.1 Å². The van der Waals surface area contributed by atoms with Gasteiger partial charge >= 0.3 is 0 Å². The van der Waals surface area contributed by atoms with Gasteiger partial charge in [0.25, 0.3) is 0 Å². The van der Waals surface area contributed by atoms with Crippen LogP contribution < -0.4 is 5.32 Å². The fourth-order valence-electron chi connectivity index (χ4n) is 2.46. The molecule has 0 saturated heterocycles. The van der Waals surface area contributed by atoms with Gasteiger partial charge in [-0.25, -0.2) is 8.42 Å². The minimum Gasteiger partial charge on any atom is -0.325 e. The SMILES string of the molecule is CC[C@H](C)c1ccc(NC(=O)CN(C)S(=O)(=O)c2cc(Cl)ccc2Cl)cc1. The van der Waals surface area contributed by atoms with Gasteiger partial charge in [-0.3, -0.25) is 4.79 Å². The van der Waals surface area contributed by atoms with E-state index in [0.717, 1.165) is 10.7 Å². The highest BCUT2D eigenvalue weighted by Crippen LogP contribution is 2.27. The van der Waals surface area contributed by atoms with Crippen LogP contribution in [0.1, 0.15) is 31.7 Å². The van der Waals surface area contributed by atoms with Crippen LogP contribution in [0, 0.1) is 0 Å². The summed E-state index contributed by atoms with van der Waals surface area (Å²) in [6.45, 7) is 3.90. The maximum atomic E-state index is 12.6. The molecule has 0 aliphatic heterocycles. The van der Waals surface area contributed by atoms with Crippen LogP contribution in [0.3, 0.4) is 0 Å². The predicted octanol–water partition coefficient (Wildman–Crippen LogP) is 4.77. The van der Waals surface area contributed by atoms with Gasteiger partial charge in [-0.2, -0.15) is 4.31 Å². The molecule has 0 aliphatic rings. The van der Waals surface area contributed by atoms with Crippen molar-refractivity contribution in [3.8, 4) is 0 Å². The first-order valence-electron chi connectivity index (χ1n) is 8.46. The third kappa shape index (κ3) is 5.45. The Bertz CT molecular complexity index is 915. The van der Waals surface area contributed by atoms with Crippen LogP contribution in [-0.2, 0) is 14.8 Å². The van der Waals surface area contributed by atoms with Crippen molar-refractivity contribution in [2.24, 2.45) is 0 Å². The topological polar surface area (TPSA) is 66.5 Å². The van der Waals surface area contributed by atoms with Crippen LogP contribution in [0.25, 0.3) is 0 Å². The molecule has 2 aromatic rings. The molecular weight excluding hydrogens is 407 g/mol. The van der Waals surface area contributed by atoms with Crippen LogP contribution in [0.15, 0.2) is 47.4 Å². The zero-order chi connectivity index (χ0) is 20.2. The smallest absolute Gasteiger partial charge is 0.244 e. The standard InChI is InChI=1S/C19H22Cl2N2O3S/c1-4-13(2)14-5-8-16(9-6-14)22-19(24)12-23(3)27(25,26)18-11-15(20)7-10-17(18)21/h5-11,13H,4,12H2,1-3H3,(H,22,24)/t13-/m0/s1. The van der Waals surface area contributed by atoms with Gasteiger partial charge in [0.1, 0.15) is 4.90 Å². The first kappa shape index (κ1) is 21.7. The molecular formula is C19H22Cl2N2O3S. The Hall–Kier alpha value is -1.60. The van der Waals surface area contributed by atoms with Crippen molar-refractivity contribution in [1.29, 1.82) is 0 Å². The zero-order valence-corrected chi connectivity index (χ0v) is 17.7. The molecule has 0 unspecified atom stereocenters. The van der Waals surface area contributed by atoms with Gasteiger partial charge in [0.15, 0.2) is 0 Å². The van der Waals surface area contributed by atoms with E-state index in [4.69, 9.17) is 23.2 Å². The van der Waals surface area contributed by atoms with Crippen LogP contribution >= 0.6 is 23.2 Å². The number of hydrogen-bond donors (Lipinski definition) is 1. The van der Waals surface area contributed by atoms with E-state index in [1.54, 1.807) is 0 Å². The van der Waals surface area contributed by atoms with Gasteiger partial charge in [-0.15, -0.1) is 0 Å². The lowest BCUT2D eigenvalue weighted by Crippen LogP contribution is -2.35. The number of halogens is 2. The van der Waals surface area contributed by atoms with Crippen molar-refractivity contribution in [1.82, 2.24) is 4.31 Å². The Balaban J connectivity index is 2.07. The number of nitrogens with one attached hydrogen (secondary N) is 1.